The van der Waals surface area contributed by atoms with Crippen molar-refractivity contribution in [3.8, 4) is 0 Å². The molecular weight excluding hydrogens is 230 g/mol. The summed E-state index contributed by atoms with van der Waals surface area (Å²) in [7, 11) is 0. The first-order valence-corrected chi connectivity index (χ1v) is 7.36. The molecule has 1 nitrogen and oxygen atoms in total. The SMILES string of the molecule is CCCCCCCCCC[n+]1ccccc1Cl. The van der Waals surface area contributed by atoms with Gasteiger partial charge >= 0.3 is 0 Å². The van der Waals surface area contributed by atoms with Crippen LogP contribution in [0.5, 0.6) is 0 Å². The summed E-state index contributed by atoms with van der Waals surface area (Å²) >= 11 is 6.08. The lowest BCUT2D eigenvalue weighted by Gasteiger charge is -2.01. The second-order valence-electron chi connectivity index (χ2n) is 4.69. The van der Waals surface area contributed by atoms with Gasteiger partial charge in [-0.05, 0) is 24.1 Å². The molecular formula is C15H25ClN+. The third-order valence-corrected chi connectivity index (χ3v) is 3.48. The van der Waals surface area contributed by atoms with Crippen molar-refractivity contribution in [2.24, 2.45) is 0 Å². The molecule has 0 N–H and O–H groups in total. The van der Waals surface area contributed by atoms with E-state index in [1.807, 2.05) is 18.2 Å². The van der Waals surface area contributed by atoms with Gasteiger partial charge in [-0.2, -0.15) is 4.57 Å². The highest BCUT2D eigenvalue weighted by Crippen LogP contribution is 2.08. The molecule has 0 saturated carbocycles. The Kier molecular flexibility index (Phi) is 8.08. The molecule has 0 aliphatic carbocycles. The van der Waals surface area contributed by atoms with Crippen molar-refractivity contribution < 1.29 is 4.57 Å². The first-order valence-electron chi connectivity index (χ1n) is 6.98. The number of rotatable bonds is 9. The summed E-state index contributed by atoms with van der Waals surface area (Å²) in [6.07, 6.45) is 12.9. The first-order chi connectivity index (χ1) is 8.34. The number of hydrogen-bond donors (Lipinski definition) is 0. The molecule has 1 aromatic heterocycles. The molecule has 1 heterocycles. The highest BCUT2D eigenvalue weighted by Gasteiger charge is 2.04. The molecule has 0 aliphatic heterocycles. The Balaban J connectivity index is 1.99. The molecule has 0 aliphatic rings. The summed E-state index contributed by atoms with van der Waals surface area (Å²) in [5.41, 5.74) is 0. The van der Waals surface area contributed by atoms with Crippen LogP contribution in [0.2, 0.25) is 5.15 Å². The maximum atomic E-state index is 6.08. The number of unbranched alkanes of at least 4 members (excludes halogenated alkanes) is 7. The van der Waals surface area contributed by atoms with Crippen LogP contribution in [0.3, 0.4) is 0 Å². The van der Waals surface area contributed by atoms with Gasteiger partial charge in [-0.25, -0.2) is 0 Å². The monoisotopic (exact) mass is 254 g/mol. The van der Waals surface area contributed by atoms with Crippen LogP contribution in [0.4, 0.5) is 0 Å². The molecule has 2 heteroatoms. The zero-order valence-electron chi connectivity index (χ0n) is 11.0. The molecule has 1 rings (SSSR count). The Bertz CT molecular complexity index is 299. The van der Waals surface area contributed by atoms with Crippen molar-refractivity contribution in [1.82, 2.24) is 0 Å². The molecule has 96 valence electrons. The van der Waals surface area contributed by atoms with Gasteiger partial charge in [0.05, 0.1) is 0 Å². The van der Waals surface area contributed by atoms with Crippen LogP contribution in [0.25, 0.3) is 0 Å². The zero-order valence-corrected chi connectivity index (χ0v) is 11.8. The summed E-state index contributed by atoms with van der Waals surface area (Å²) in [5.74, 6) is 0. The number of aromatic nitrogens is 1. The van der Waals surface area contributed by atoms with E-state index in [1.165, 1.54) is 51.4 Å². The standard InChI is InChI=1S/C15H25ClN/c1-2-3-4-5-6-7-8-10-13-17-14-11-9-12-15(17)16/h9,11-12,14H,2-8,10,13H2,1H3/q+1. The first kappa shape index (κ1) is 14.5. The predicted octanol–water partition coefficient (Wildman–Crippen LogP) is 4.77. The van der Waals surface area contributed by atoms with Crippen LogP contribution in [0.15, 0.2) is 24.4 Å². The van der Waals surface area contributed by atoms with Crippen molar-refractivity contribution in [1.29, 1.82) is 0 Å². The Labute approximate surface area is 111 Å². The molecule has 0 radical (unpaired) electrons. The van der Waals surface area contributed by atoms with E-state index in [9.17, 15) is 0 Å². The van der Waals surface area contributed by atoms with Gasteiger partial charge in [-0.1, -0.05) is 45.4 Å². The van der Waals surface area contributed by atoms with E-state index < -0.39 is 0 Å². The second kappa shape index (κ2) is 9.47. The molecule has 17 heavy (non-hydrogen) atoms. The molecule has 0 atom stereocenters. The van der Waals surface area contributed by atoms with Gasteiger partial charge in [0.1, 0.15) is 6.54 Å². The van der Waals surface area contributed by atoms with Crippen LogP contribution >= 0.6 is 11.6 Å². The third-order valence-electron chi connectivity index (χ3n) is 3.14. The molecule has 0 amide bonds. The fourth-order valence-electron chi connectivity index (χ4n) is 2.05. The van der Waals surface area contributed by atoms with Gasteiger partial charge in [0.25, 0.3) is 5.15 Å². The maximum absolute atomic E-state index is 6.08. The fraction of sp³-hybridized carbons (Fsp3) is 0.667. The lowest BCUT2D eigenvalue weighted by molar-refractivity contribution is -0.695. The number of pyridine rings is 1. The number of aryl methyl sites for hydroxylation is 1. The smallest absolute Gasteiger partial charge is 0.189 e. The molecule has 0 aromatic carbocycles. The Morgan fingerprint density at radius 2 is 1.59 bits per heavy atom. The van der Waals surface area contributed by atoms with Crippen molar-refractivity contribution in [2.45, 2.75) is 64.8 Å². The largest absolute Gasteiger partial charge is 0.274 e. The fourth-order valence-corrected chi connectivity index (χ4v) is 2.27. The molecule has 0 saturated heterocycles. The number of nitrogens with zero attached hydrogens (tertiary/aromatic N) is 1. The van der Waals surface area contributed by atoms with Crippen LogP contribution in [-0.2, 0) is 6.54 Å². The van der Waals surface area contributed by atoms with Gasteiger partial charge in [0, 0.05) is 18.6 Å². The lowest BCUT2D eigenvalue weighted by Crippen LogP contribution is -2.34. The van der Waals surface area contributed by atoms with E-state index in [2.05, 4.69) is 17.7 Å². The van der Waals surface area contributed by atoms with E-state index >= 15 is 0 Å². The molecule has 0 unspecified atom stereocenters. The maximum Gasteiger partial charge on any atom is 0.274 e. The van der Waals surface area contributed by atoms with Gasteiger partial charge in [-0.3, -0.25) is 0 Å². The lowest BCUT2D eigenvalue weighted by atomic mass is 10.1. The predicted molar refractivity (Wildman–Crippen MR) is 74.3 cm³/mol. The van der Waals surface area contributed by atoms with Crippen LogP contribution in [-0.4, -0.2) is 0 Å². The molecule has 1 aromatic rings. The van der Waals surface area contributed by atoms with E-state index in [-0.39, 0.29) is 0 Å². The quantitative estimate of drug-likeness (QED) is 0.340. The Morgan fingerprint density at radius 1 is 0.941 bits per heavy atom. The van der Waals surface area contributed by atoms with Crippen molar-refractivity contribution in [3.63, 3.8) is 0 Å². The van der Waals surface area contributed by atoms with E-state index in [0.29, 0.717) is 0 Å². The van der Waals surface area contributed by atoms with E-state index in [0.717, 1.165) is 11.7 Å². The van der Waals surface area contributed by atoms with Gasteiger partial charge in [0.15, 0.2) is 6.20 Å². The van der Waals surface area contributed by atoms with Crippen LogP contribution in [0, 0.1) is 0 Å². The average Bonchev–Trinajstić information content (AvgIpc) is 2.35. The molecule has 0 bridgehead atoms. The second-order valence-corrected chi connectivity index (χ2v) is 5.08. The third kappa shape index (κ3) is 6.68. The number of halogens is 1. The normalized spacial score (nSPS) is 10.7. The van der Waals surface area contributed by atoms with Crippen molar-refractivity contribution >= 4 is 11.6 Å². The highest BCUT2D eigenvalue weighted by atomic mass is 35.5. The highest BCUT2D eigenvalue weighted by molar-refractivity contribution is 6.28. The molecule has 0 fully saturated rings. The minimum atomic E-state index is 0.843. The van der Waals surface area contributed by atoms with E-state index in [4.69, 9.17) is 11.6 Å². The molecule has 0 spiro atoms. The van der Waals surface area contributed by atoms with Crippen molar-refractivity contribution in [3.05, 3.63) is 29.5 Å². The topological polar surface area (TPSA) is 3.88 Å². The van der Waals surface area contributed by atoms with Crippen molar-refractivity contribution in [2.75, 3.05) is 0 Å². The van der Waals surface area contributed by atoms with E-state index in [1.54, 1.807) is 0 Å². The number of hydrogen-bond acceptors (Lipinski definition) is 0. The minimum absolute atomic E-state index is 0.843. The van der Waals surface area contributed by atoms with Gasteiger partial charge in [-0.15, -0.1) is 0 Å². The summed E-state index contributed by atoms with van der Waals surface area (Å²) in [5, 5.41) is 0.843. The van der Waals surface area contributed by atoms with Crippen LogP contribution in [0.1, 0.15) is 58.3 Å². The summed E-state index contributed by atoms with van der Waals surface area (Å²) in [6.45, 7) is 3.31. The van der Waals surface area contributed by atoms with Gasteiger partial charge < -0.3 is 0 Å². The minimum Gasteiger partial charge on any atom is -0.189 e. The Hall–Kier alpha value is -0.560. The average molecular weight is 255 g/mol. The Morgan fingerprint density at radius 3 is 2.24 bits per heavy atom. The van der Waals surface area contributed by atoms with Gasteiger partial charge in [0.2, 0.25) is 0 Å². The summed E-state index contributed by atoms with van der Waals surface area (Å²) in [4.78, 5) is 0. The zero-order chi connectivity index (χ0) is 12.3. The van der Waals surface area contributed by atoms with Crippen LogP contribution < -0.4 is 4.57 Å². The summed E-state index contributed by atoms with van der Waals surface area (Å²) < 4.78 is 2.12. The summed E-state index contributed by atoms with van der Waals surface area (Å²) in [6, 6.07) is 5.97.